The zero-order valence-electron chi connectivity index (χ0n) is 7.90. The molecule has 1 aromatic rings. The molecule has 0 aliphatic rings. The number of thiophene rings is 1. The van der Waals surface area contributed by atoms with Crippen molar-refractivity contribution >= 4 is 17.3 Å². The number of hydrogen-bond donors (Lipinski definition) is 2. The zero-order chi connectivity index (χ0) is 10.6. The van der Waals surface area contributed by atoms with Gasteiger partial charge in [0.1, 0.15) is 6.61 Å². The first-order valence-corrected chi connectivity index (χ1v) is 5.06. The minimum Gasteiger partial charge on any atom is -0.458 e. The van der Waals surface area contributed by atoms with E-state index in [-0.39, 0.29) is 13.2 Å². The molecule has 0 bridgehead atoms. The van der Waals surface area contributed by atoms with E-state index in [2.05, 4.69) is 0 Å². The third-order valence-corrected chi connectivity index (χ3v) is 2.61. The Hall–Kier alpha value is -0.910. The lowest BCUT2D eigenvalue weighted by molar-refractivity contribution is -0.163. The van der Waals surface area contributed by atoms with Gasteiger partial charge >= 0.3 is 5.97 Å². The highest BCUT2D eigenvalue weighted by Crippen LogP contribution is 2.12. The lowest BCUT2D eigenvalue weighted by Crippen LogP contribution is -2.43. The lowest BCUT2D eigenvalue weighted by Gasteiger charge is -2.18. The van der Waals surface area contributed by atoms with E-state index in [1.54, 1.807) is 0 Å². The second kappa shape index (κ2) is 4.54. The summed E-state index contributed by atoms with van der Waals surface area (Å²) in [6.07, 6.45) is 0. The summed E-state index contributed by atoms with van der Waals surface area (Å²) in [4.78, 5) is 12.2. The number of carbonyl (C=O) groups excluding carboxylic acids is 1. The Morgan fingerprint density at radius 2 is 2.50 bits per heavy atom. The molecule has 14 heavy (non-hydrogen) atoms. The van der Waals surface area contributed by atoms with Crippen molar-refractivity contribution in [2.24, 2.45) is 5.73 Å². The van der Waals surface area contributed by atoms with E-state index in [1.807, 2.05) is 17.5 Å². The SMILES string of the molecule is CC(O)(CN)C(=O)OCc1cccs1. The van der Waals surface area contributed by atoms with Crippen molar-refractivity contribution in [1.29, 1.82) is 0 Å². The Morgan fingerprint density at radius 1 is 1.79 bits per heavy atom. The van der Waals surface area contributed by atoms with Gasteiger partial charge in [-0.3, -0.25) is 0 Å². The van der Waals surface area contributed by atoms with Crippen LogP contribution in [0, 0.1) is 0 Å². The van der Waals surface area contributed by atoms with Crippen molar-refractivity contribution < 1.29 is 14.6 Å². The Labute approximate surface area is 86.3 Å². The Morgan fingerprint density at radius 3 is 3.00 bits per heavy atom. The van der Waals surface area contributed by atoms with Crippen LogP contribution in [0.2, 0.25) is 0 Å². The molecule has 1 unspecified atom stereocenters. The zero-order valence-corrected chi connectivity index (χ0v) is 8.71. The second-order valence-electron chi connectivity index (χ2n) is 3.13. The number of ether oxygens (including phenoxy) is 1. The average molecular weight is 215 g/mol. The molecule has 0 radical (unpaired) electrons. The highest BCUT2D eigenvalue weighted by atomic mass is 32.1. The standard InChI is InChI=1S/C9H13NO3S/c1-9(12,6-10)8(11)13-5-7-3-2-4-14-7/h2-4,12H,5-6,10H2,1H3. The fourth-order valence-electron chi connectivity index (χ4n) is 0.770. The van der Waals surface area contributed by atoms with Crippen molar-refractivity contribution in [3.8, 4) is 0 Å². The van der Waals surface area contributed by atoms with E-state index in [0.717, 1.165) is 4.88 Å². The van der Waals surface area contributed by atoms with Gasteiger partial charge in [0.25, 0.3) is 0 Å². The Bertz CT molecular complexity index is 295. The molecular formula is C9H13NO3S. The molecule has 1 aromatic heterocycles. The van der Waals surface area contributed by atoms with Gasteiger partial charge in [0.2, 0.25) is 0 Å². The van der Waals surface area contributed by atoms with Crippen LogP contribution >= 0.6 is 11.3 Å². The largest absolute Gasteiger partial charge is 0.458 e. The first-order chi connectivity index (χ1) is 6.56. The monoisotopic (exact) mass is 215 g/mol. The summed E-state index contributed by atoms with van der Waals surface area (Å²) in [6, 6.07) is 3.73. The van der Waals surface area contributed by atoms with Gasteiger partial charge < -0.3 is 15.6 Å². The summed E-state index contributed by atoms with van der Waals surface area (Å²) < 4.78 is 4.88. The van der Waals surface area contributed by atoms with Crippen LogP contribution in [0.3, 0.4) is 0 Å². The smallest absolute Gasteiger partial charge is 0.339 e. The molecule has 1 heterocycles. The maximum absolute atomic E-state index is 11.2. The molecule has 0 aliphatic heterocycles. The molecule has 3 N–H and O–H groups in total. The van der Waals surface area contributed by atoms with Gasteiger partial charge in [0, 0.05) is 11.4 Å². The Balaban J connectivity index is 2.43. The summed E-state index contributed by atoms with van der Waals surface area (Å²) in [6.45, 7) is 1.38. The van der Waals surface area contributed by atoms with Crippen LogP contribution in [-0.2, 0) is 16.1 Å². The van der Waals surface area contributed by atoms with Crippen molar-refractivity contribution in [2.45, 2.75) is 19.1 Å². The number of nitrogens with two attached hydrogens (primary N) is 1. The van der Waals surface area contributed by atoms with Crippen molar-refractivity contribution in [3.05, 3.63) is 22.4 Å². The van der Waals surface area contributed by atoms with Crippen LogP contribution in [-0.4, -0.2) is 23.2 Å². The molecule has 1 rings (SSSR count). The van der Waals surface area contributed by atoms with E-state index in [4.69, 9.17) is 10.5 Å². The fourth-order valence-corrected chi connectivity index (χ4v) is 1.39. The number of esters is 1. The predicted octanol–water partition coefficient (Wildman–Crippen LogP) is 0.501. The van der Waals surface area contributed by atoms with Gasteiger partial charge in [-0.2, -0.15) is 0 Å². The minimum absolute atomic E-state index is 0.143. The second-order valence-corrected chi connectivity index (χ2v) is 4.17. The van der Waals surface area contributed by atoms with Crippen LogP contribution < -0.4 is 5.73 Å². The van der Waals surface area contributed by atoms with Gasteiger partial charge in [0.15, 0.2) is 5.60 Å². The van der Waals surface area contributed by atoms with E-state index in [1.165, 1.54) is 18.3 Å². The van der Waals surface area contributed by atoms with Crippen LogP contribution in [0.5, 0.6) is 0 Å². The first-order valence-electron chi connectivity index (χ1n) is 4.18. The molecule has 0 spiro atoms. The molecule has 0 fully saturated rings. The van der Waals surface area contributed by atoms with E-state index < -0.39 is 11.6 Å². The fraction of sp³-hybridized carbons (Fsp3) is 0.444. The van der Waals surface area contributed by atoms with Crippen LogP contribution in [0.15, 0.2) is 17.5 Å². The van der Waals surface area contributed by atoms with Gasteiger partial charge in [-0.05, 0) is 18.4 Å². The van der Waals surface area contributed by atoms with E-state index >= 15 is 0 Å². The van der Waals surface area contributed by atoms with Gasteiger partial charge in [-0.1, -0.05) is 6.07 Å². The Kier molecular flexibility index (Phi) is 3.62. The molecule has 0 aromatic carbocycles. The number of rotatable bonds is 4. The summed E-state index contributed by atoms with van der Waals surface area (Å²) in [7, 11) is 0. The molecule has 1 atom stereocenters. The summed E-state index contributed by atoms with van der Waals surface area (Å²) in [5.41, 5.74) is 3.62. The lowest BCUT2D eigenvalue weighted by atomic mass is 10.1. The van der Waals surface area contributed by atoms with Crippen LogP contribution in [0.1, 0.15) is 11.8 Å². The molecule has 0 saturated heterocycles. The van der Waals surface area contributed by atoms with Gasteiger partial charge in [-0.15, -0.1) is 11.3 Å². The third-order valence-electron chi connectivity index (χ3n) is 1.76. The molecule has 0 aliphatic carbocycles. The topological polar surface area (TPSA) is 72.5 Å². The quantitative estimate of drug-likeness (QED) is 0.717. The molecule has 78 valence electrons. The third kappa shape index (κ3) is 2.80. The molecule has 5 heteroatoms. The summed E-state index contributed by atoms with van der Waals surface area (Å²) in [5, 5.41) is 11.3. The minimum atomic E-state index is -1.59. The predicted molar refractivity (Wildman–Crippen MR) is 53.8 cm³/mol. The summed E-state index contributed by atoms with van der Waals surface area (Å²) >= 11 is 1.49. The first kappa shape index (κ1) is 11.2. The van der Waals surface area contributed by atoms with Crippen molar-refractivity contribution in [3.63, 3.8) is 0 Å². The van der Waals surface area contributed by atoms with Gasteiger partial charge in [0.05, 0.1) is 0 Å². The number of carbonyl (C=O) groups is 1. The van der Waals surface area contributed by atoms with Crippen molar-refractivity contribution in [2.75, 3.05) is 6.54 Å². The number of hydrogen-bond acceptors (Lipinski definition) is 5. The maximum atomic E-state index is 11.2. The molecular weight excluding hydrogens is 202 g/mol. The molecule has 0 saturated carbocycles. The highest BCUT2D eigenvalue weighted by Gasteiger charge is 2.30. The van der Waals surface area contributed by atoms with Crippen molar-refractivity contribution in [1.82, 2.24) is 0 Å². The average Bonchev–Trinajstić information content (AvgIpc) is 2.66. The highest BCUT2D eigenvalue weighted by molar-refractivity contribution is 7.09. The van der Waals surface area contributed by atoms with E-state index in [0.29, 0.717) is 0 Å². The van der Waals surface area contributed by atoms with E-state index in [9.17, 15) is 9.90 Å². The molecule has 0 amide bonds. The van der Waals surface area contributed by atoms with Crippen LogP contribution in [0.4, 0.5) is 0 Å². The number of aliphatic hydroxyl groups is 1. The van der Waals surface area contributed by atoms with Crippen LogP contribution in [0.25, 0.3) is 0 Å². The van der Waals surface area contributed by atoms with Gasteiger partial charge in [-0.25, -0.2) is 4.79 Å². The summed E-state index contributed by atoms with van der Waals surface area (Å²) in [5.74, 6) is -0.687. The maximum Gasteiger partial charge on any atom is 0.339 e. The molecule has 4 nitrogen and oxygen atoms in total. The normalized spacial score (nSPS) is 14.8.